The van der Waals surface area contributed by atoms with Gasteiger partial charge in [0, 0.05) is 6.04 Å². The van der Waals surface area contributed by atoms with Crippen LogP contribution in [0.1, 0.15) is 50.6 Å². The third-order valence-corrected chi connectivity index (χ3v) is 5.75. The van der Waals surface area contributed by atoms with Crippen LogP contribution in [0, 0.1) is 23.6 Å². The lowest BCUT2D eigenvalue weighted by Crippen LogP contribution is -2.32. The van der Waals surface area contributed by atoms with Crippen LogP contribution in [0.4, 0.5) is 4.39 Å². The molecule has 2 aliphatic rings. The lowest BCUT2D eigenvalue weighted by molar-refractivity contribution is 0.250. The minimum Gasteiger partial charge on any atom is -0.310 e. The lowest BCUT2D eigenvalue weighted by Gasteiger charge is -2.32. The first-order valence-corrected chi connectivity index (χ1v) is 8.66. The minimum absolute atomic E-state index is 0.170. The fourth-order valence-corrected chi connectivity index (χ4v) is 4.62. The number of fused-ring (bicyclic) bond motifs is 2. The molecule has 3 rings (SSSR count). The van der Waals surface area contributed by atoms with Gasteiger partial charge in [0.1, 0.15) is 5.82 Å². The largest absolute Gasteiger partial charge is 0.310 e. The summed E-state index contributed by atoms with van der Waals surface area (Å²) in [5.41, 5.74) is 1.24. The Bertz CT molecular complexity index is 476. The Kier molecular flexibility index (Phi) is 4.46. The highest BCUT2D eigenvalue weighted by molar-refractivity contribution is 9.10. The molecule has 0 spiro atoms. The summed E-state index contributed by atoms with van der Waals surface area (Å²) in [5.74, 6) is 2.38. The van der Waals surface area contributed by atoms with Crippen LogP contribution in [0.25, 0.3) is 0 Å². The van der Waals surface area contributed by atoms with E-state index in [9.17, 15) is 4.39 Å². The zero-order chi connectivity index (χ0) is 14.1. The lowest BCUT2D eigenvalue weighted by atomic mass is 9.80. The zero-order valence-electron chi connectivity index (χ0n) is 12.0. The maximum atomic E-state index is 13.5. The third-order valence-electron chi connectivity index (χ3n) is 5.14. The summed E-state index contributed by atoms with van der Waals surface area (Å²) in [7, 11) is 0. The van der Waals surface area contributed by atoms with Gasteiger partial charge in [-0.1, -0.05) is 19.4 Å². The second kappa shape index (κ2) is 6.15. The predicted octanol–water partition coefficient (Wildman–Crippen LogP) is 5.07. The van der Waals surface area contributed by atoms with Gasteiger partial charge in [0.2, 0.25) is 0 Å². The number of halogens is 2. The highest BCUT2D eigenvalue weighted by atomic mass is 79.9. The Balaban J connectivity index is 1.83. The quantitative estimate of drug-likeness (QED) is 0.789. The van der Waals surface area contributed by atoms with Crippen LogP contribution in [0.2, 0.25) is 0 Å². The number of benzene rings is 1. The van der Waals surface area contributed by atoms with Gasteiger partial charge in [-0.15, -0.1) is 0 Å². The van der Waals surface area contributed by atoms with Crippen LogP contribution in [0.15, 0.2) is 22.7 Å². The molecule has 1 nitrogen and oxygen atoms in total. The van der Waals surface area contributed by atoms with E-state index in [-0.39, 0.29) is 5.82 Å². The normalized spacial score (nSPS) is 29.9. The molecule has 2 saturated carbocycles. The average molecular weight is 340 g/mol. The highest BCUT2D eigenvalue weighted by Gasteiger charge is 2.43. The first-order valence-electron chi connectivity index (χ1n) is 7.87. The van der Waals surface area contributed by atoms with Gasteiger partial charge in [-0.2, -0.15) is 0 Å². The molecule has 0 aliphatic heterocycles. The summed E-state index contributed by atoms with van der Waals surface area (Å²) in [6, 6.07) is 5.91. The molecule has 0 saturated heterocycles. The Morgan fingerprint density at radius 2 is 2.20 bits per heavy atom. The predicted molar refractivity (Wildman–Crippen MR) is 84.1 cm³/mol. The van der Waals surface area contributed by atoms with Crippen LogP contribution in [0.5, 0.6) is 0 Å². The Hall–Kier alpha value is -0.410. The minimum atomic E-state index is -0.170. The summed E-state index contributed by atoms with van der Waals surface area (Å²) in [4.78, 5) is 0. The van der Waals surface area contributed by atoms with Crippen LogP contribution >= 0.6 is 15.9 Å². The van der Waals surface area contributed by atoms with Gasteiger partial charge in [-0.05, 0) is 83.6 Å². The standard InChI is InChI=1S/C17H23BrFN/c1-2-7-20-17(13-5-6-16(19)15(18)10-13)14-9-11-3-4-12(14)8-11/h5-6,10-12,14,17,20H,2-4,7-9H2,1H3. The van der Waals surface area contributed by atoms with Gasteiger partial charge in [-0.3, -0.25) is 0 Å². The van der Waals surface area contributed by atoms with Crippen molar-refractivity contribution in [1.82, 2.24) is 5.32 Å². The maximum Gasteiger partial charge on any atom is 0.137 e. The number of hydrogen-bond donors (Lipinski definition) is 1. The van der Waals surface area contributed by atoms with E-state index in [0.717, 1.165) is 30.7 Å². The highest BCUT2D eigenvalue weighted by Crippen LogP contribution is 2.52. The van der Waals surface area contributed by atoms with Crippen LogP contribution in [-0.4, -0.2) is 6.54 Å². The first kappa shape index (κ1) is 14.5. The Labute approximate surface area is 129 Å². The van der Waals surface area contributed by atoms with E-state index in [0.29, 0.717) is 10.5 Å². The van der Waals surface area contributed by atoms with E-state index in [2.05, 4.69) is 28.2 Å². The molecule has 0 heterocycles. The molecule has 0 aromatic heterocycles. The molecule has 2 fully saturated rings. The van der Waals surface area contributed by atoms with Gasteiger partial charge in [0.15, 0.2) is 0 Å². The molecule has 110 valence electrons. The van der Waals surface area contributed by atoms with Crippen LogP contribution in [-0.2, 0) is 0 Å². The SMILES string of the molecule is CCCNC(c1ccc(F)c(Br)c1)C1CC2CCC1C2. The van der Waals surface area contributed by atoms with E-state index >= 15 is 0 Å². The van der Waals surface area contributed by atoms with Crippen molar-refractivity contribution in [2.24, 2.45) is 17.8 Å². The van der Waals surface area contributed by atoms with Gasteiger partial charge in [-0.25, -0.2) is 4.39 Å². The van der Waals surface area contributed by atoms with Crippen molar-refractivity contribution in [1.29, 1.82) is 0 Å². The number of rotatable bonds is 5. The van der Waals surface area contributed by atoms with Crippen molar-refractivity contribution < 1.29 is 4.39 Å². The second-order valence-electron chi connectivity index (χ2n) is 6.44. The third kappa shape index (κ3) is 2.80. The fourth-order valence-electron chi connectivity index (χ4n) is 4.22. The molecule has 1 N–H and O–H groups in total. The molecule has 3 heteroatoms. The van der Waals surface area contributed by atoms with Crippen molar-refractivity contribution >= 4 is 15.9 Å². The molecule has 0 radical (unpaired) electrons. The van der Waals surface area contributed by atoms with E-state index in [1.165, 1.54) is 31.2 Å². The van der Waals surface area contributed by atoms with Crippen molar-refractivity contribution in [3.05, 3.63) is 34.1 Å². The van der Waals surface area contributed by atoms with E-state index < -0.39 is 0 Å². The average Bonchev–Trinajstić information content (AvgIpc) is 3.06. The molecular formula is C17H23BrFN. The summed E-state index contributed by atoms with van der Waals surface area (Å²) in [5, 5.41) is 3.72. The molecule has 2 aliphatic carbocycles. The zero-order valence-corrected chi connectivity index (χ0v) is 13.6. The Morgan fingerprint density at radius 1 is 1.35 bits per heavy atom. The molecule has 0 amide bonds. The molecule has 2 bridgehead atoms. The number of nitrogens with one attached hydrogen (secondary N) is 1. The van der Waals surface area contributed by atoms with Crippen LogP contribution < -0.4 is 5.32 Å². The van der Waals surface area contributed by atoms with E-state index in [1.54, 1.807) is 6.07 Å². The van der Waals surface area contributed by atoms with Crippen molar-refractivity contribution in [3.63, 3.8) is 0 Å². The van der Waals surface area contributed by atoms with Crippen LogP contribution in [0.3, 0.4) is 0 Å². The van der Waals surface area contributed by atoms with Gasteiger partial charge < -0.3 is 5.32 Å². The molecular weight excluding hydrogens is 317 g/mol. The first-order chi connectivity index (χ1) is 9.69. The van der Waals surface area contributed by atoms with Crippen molar-refractivity contribution in [2.45, 2.75) is 45.1 Å². The number of hydrogen-bond acceptors (Lipinski definition) is 1. The second-order valence-corrected chi connectivity index (χ2v) is 7.30. The fraction of sp³-hybridized carbons (Fsp3) is 0.647. The summed E-state index contributed by atoms with van der Waals surface area (Å²) in [6.07, 6.45) is 6.72. The summed E-state index contributed by atoms with van der Waals surface area (Å²) >= 11 is 3.33. The summed E-state index contributed by atoms with van der Waals surface area (Å²) in [6.45, 7) is 3.24. The molecule has 20 heavy (non-hydrogen) atoms. The van der Waals surface area contributed by atoms with Gasteiger partial charge in [0.25, 0.3) is 0 Å². The van der Waals surface area contributed by atoms with Crippen molar-refractivity contribution in [3.8, 4) is 0 Å². The smallest absolute Gasteiger partial charge is 0.137 e. The molecule has 4 unspecified atom stereocenters. The molecule has 1 aromatic carbocycles. The molecule has 1 aromatic rings. The molecule has 4 atom stereocenters. The van der Waals surface area contributed by atoms with Gasteiger partial charge in [0.05, 0.1) is 4.47 Å². The van der Waals surface area contributed by atoms with Crippen molar-refractivity contribution in [2.75, 3.05) is 6.54 Å². The summed E-state index contributed by atoms with van der Waals surface area (Å²) < 4.78 is 14.1. The topological polar surface area (TPSA) is 12.0 Å². The maximum absolute atomic E-state index is 13.5. The van der Waals surface area contributed by atoms with E-state index in [4.69, 9.17) is 0 Å². The van der Waals surface area contributed by atoms with Gasteiger partial charge >= 0.3 is 0 Å². The Morgan fingerprint density at radius 3 is 2.80 bits per heavy atom. The monoisotopic (exact) mass is 339 g/mol. The van der Waals surface area contributed by atoms with E-state index in [1.807, 2.05) is 12.1 Å².